The van der Waals surface area contributed by atoms with Crippen LogP contribution in [0.1, 0.15) is 35.9 Å². The van der Waals surface area contributed by atoms with Gasteiger partial charge in [-0.3, -0.25) is 4.79 Å². The lowest BCUT2D eigenvalue weighted by atomic mass is 10.1. The lowest BCUT2D eigenvalue weighted by molar-refractivity contribution is 0.0925. The number of amides is 1. The third-order valence-corrected chi connectivity index (χ3v) is 5.45. The molecule has 1 fully saturated rings. The summed E-state index contributed by atoms with van der Waals surface area (Å²) in [7, 11) is 1.63. The summed E-state index contributed by atoms with van der Waals surface area (Å²) in [5.41, 5.74) is 1.57. The Balaban J connectivity index is 1.43. The molecule has 1 saturated heterocycles. The number of carbonyl (C=O) groups excluding carboxylic acids is 1. The Morgan fingerprint density at radius 1 is 1.19 bits per heavy atom. The lowest BCUT2D eigenvalue weighted by Crippen LogP contribution is -2.46. The van der Waals surface area contributed by atoms with Crippen molar-refractivity contribution >= 4 is 16.9 Å². The molecule has 0 bridgehead atoms. The number of carbonyl (C=O) groups is 1. The van der Waals surface area contributed by atoms with Gasteiger partial charge in [-0.15, -0.1) is 0 Å². The highest BCUT2D eigenvalue weighted by atomic mass is 16.5. The van der Waals surface area contributed by atoms with Crippen LogP contribution in [0.25, 0.3) is 11.0 Å². The number of ether oxygens (including phenoxy) is 1. The van der Waals surface area contributed by atoms with Crippen LogP contribution in [-0.4, -0.2) is 68.6 Å². The fourth-order valence-corrected chi connectivity index (χ4v) is 3.62. The minimum atomic E-state index is -0.140. The summed E-state index contributed by atoms with van der Waals surface area (Å²) in [6.45, 7) is 11.7. The predicted octanol–water partition coefficient (Wildman–Crippen LogP) is 2.90. The molecule has 27 heavy (non-hydrogen) atoms. The second kappa shape index (κ2) is 9.24. The van der Waals surface area contributed by atoms with Gasteiger partial charge in [-0.2, -0.15) is 0 Å². The molecule has 6 nitrogen and oxygen atoms in total. The first kappa shape index (κ1) is 19.7. The molecule has 0 unspecified atom stereocenters. The lowest BCUT2D eigenvalue weighted by Gasteiger charge is -2.33. The minimum Gasteiger partial charge on any atom is -0.497 e. The number of nitrogens with one attached hydrogen (secondary N) is 1. The molecule has 6 heteroatoms. The van der Waals surface area contributed by atoms with Gasteiger partial charge < -0.3 is 24.3 Å². The second-order valence-electron chi connectivity index (χ2n) is 7.16. The van der Waals surface area contributed by atoms with Gasteiger partial charge in [0.25, 0.3) is 5.91 Å². The van der Waals surface area contributed by atoms with E-state index in [1.54, 1.807) is 7.11 Å². The van der Waals surface area contributed by atoms with Gasteiger partial charge in [0.05, 0.1) is 7.11 Å². The van der Waals surface area contributed by atoms with Gasteiger partial charge in [0.2, 0.25) is 0 Å². The zero-order chi connectivity index (χ0) is 19.2. The molecule has 1 aromatic carbocycles. The Bertz CT molecular complexity index is 763. The maximum atomic E-state index is 12.5. The van der Waals surface area contributed by atoms with Crippen molar-refractivity contribution in [1.82, 2.24) is 15.1 Å². The van der Waals surface area contributed by atoms with Crippen molar-refractivity contribution in [3.63, 3.8) is 0 Å². The van der Waals surface area contributed by atoms with Gasteiger partial charge in [-0.1, -0.05) is 6.92 Å². The Hall–Kier alpha value is -2.05. The molecule has 1 aliphatic heterocycles. The van der Waals surface area contributed by atoms with Crippen LogP contribution >= 0.6 is 0 Å². The Labute approximate surface area is 161 Å². The van der Waals surface area contributed by atoms with E-state index in [1.807, 2.05) is 25.1 Å². The molecule has 0 atom stereocenters. The number of likely N-dealkylation sites (N-methyl/N-ethyl adjacent to an activating group) is 1. The van der Waals surface area contributed by atoms with Gasteiger partial charge >= 0.3 is 0 Å². The summed E-state index contributed by atoms with van der Waals surface area (Å²) in [5, 5.41) is 3.91. The first-order chi connectivity index (χ1) is 13.1. The Morgan fingerprint density at radius 2 is 1.93 bits per heavy atom. The normalized spacial score (nSPS) is 16.0. The maximum Gasteiger partial charge on any atom is 0.287 e. The fraction of sp³-hybridized carbons (Fsp3) is 0.571. The largest absolute Gasteiger partial charge is 0.497 e. The van der Waals surface area contributed by atoms with Gasteiger partial charge in [0, 0.05) is 43.7 Å². The molecule has 1 aromatic heterocycles. The van der Waals surface area contributed by atoms with Crippen LogP contribution in [0.15, 0.2) is 22.6 Å². The summed E-state index contributed by atoms with van der Waals surface area (Å²) in [4.78, 5) is 17.5. The van der Waals surface area contributed by atoms with Crippen molar-refractivity contribution in [3.8, 4) is 5.75 Å². The minimum absolute atomic E-state index is 0.140. The van der Waals surface area contributed by atoms with E-state index >= 15 is 0 Å². The van der Waals surface area contributed by atoms with Crippen molar-refractivity contribution in [2.24, 2.45) is 0 Å². The molecule has 148 valence electrons. The second-order valence-corrected chi connectivity index (χ2v) is 7.16. The Morgan fingerprint density at radius 3 is 2.63 bits per heavy atom. The van der Waals surface area contributed by atoms with E-state index in [4.69, 9.17) is 9.15 Å². The van der Waals surface area contributed by atoms with Crippen molar-refractivity contribution in [1.29, 1.82) is 0 Å². The SMILES string of the molecule is CCN1CCN(CCCCNC(=O)c2oc3ccc(OC)cc3c2C)CC1. The van der Waals surface area contributed by atoms with E-state index in [-0.39, 0.29) is 5.91 Å². The monoisotopic (exact) mass is 373 g/mol. The maximum absolute atomic E-state index is 12.5. The van der Waals surface area contributed by atoms with Gasteiger partial charge in [-0.25, -0.2) is 0 Å². The number of unbranched alkanes of at least 4 members (excludes halogenated alkanes) is 1. The van der Waals surface area contributed by atoms with Crippen LogP contribution in [0, 0.1) is 6.92 Å². The summed E-state index contributed by atoms with van der Waals surface area (Å²) < 4.78 is 11.0. The molecular formula is C21H31N3O3. The number of aryl methyl sites for hydroxylation is 1. The van der Waals surface area contributed by atoms with Crippen LogP contribution in [0.3, 0.4) is 0 Å². The number of hydrogen-bond donors (Lipinski definition) is 1. The molecule has 0 saturated carbocycles. The highest BCUT2D eigenvalue weighted by Crippen LogP contribution is 2.28. The summed E-state index contributed by atoms with van der Waals surface area (Å²) >= 11 is 0. The molecule has 0 aliphatic carbocycles. The zero-order valence-electron chi connectivity index (χ0n) is 16.7. The molecule has 2 aromatic rings. The number of furan rings is 1. The highest BCUT2D eigenvalue weighted by molar-refractivity contribution is 5.99. The van der Waals surface area contributed by atoms with Gasteiger partial charge in [0.15, 0.2) is 5.76 Å². The van der Waals surface area contributed by atoms with Crippen LogP contribution in [0.2, 0.25) is 0 Å². The average molecular weight is 373 g/mol. The van der Waals surface area contributed by atoms with Crippen LogP contribution in [0.4, 0.5) is 0 Å². The average Bonchev–Trinajstić information content (AvgIpc) is 3.04. The fourth-order valence-electron chi connectivity index (χ4n) is 3.62. The molecule has 0 radical (unpaired) electrons. The van der Waals surface area contributed by atoms with E-state index in [2.05, 4.69) is 22.0 Å². The third kappa shape index (κ3) is 4.82. The van der Waals surface area contributed by atoms with E-state index in [0.717, 1.165) is 55.7 Å². The molecule has 1 aliphatic rings. The molecule has 3 rings (SSSR count). The van der Waals surface area contributed by atoms with E-state index < -0.39 is 0 Å². The number of hydrogen-bond acceptors (Lipinski definition) is 5. The summed E-state index contributed by atoms with van der Waals surface area (Å²) in [5.74, 6) is 1.02. The third-order valence-electron chi connectivity index (χ3n) is 5.45. The zero-order valence-corrected chi connectivity index (χ0v) is 16.7. The first-order valence-electron chi connectivity index (χ1n) is 9.92. The van der Waals surface area contributed by atoms with E-state index in [9.17, 15) is 4.79 Å². The number of benzene rings is 1. The standard InChI is InChI=1S/C21H31N3O3/c1-4-23-11-13-24(14-12-23)10-6-5-9-22-21(25)20-16(2)18-15-17(26-3)7-8-19(18)27-20/h7-8,15H,4-6,9-14H2,1-3H3,(H,22,25). The topological polar surface area (TPSA) is 58.0 Å². The molecular weight excluding hydrogens is 342 g/mol. The number of piperazine rings is 1. The Kier molecular flexibility index (Phi) is 6.74. The molecule has 1 amide bonds. The quantitative estimate of drug-likeness (QED) is 0.721. The number of nitrogens with zero attached hydrogens (tertiary/aromatic N) is 2. The van der Waals surface area contributed by atoms with Crippen molar-refractivity contribution in [2.75, 3.05) is 52.9 Å². The van der Waals surface area contributed by atoms with Crippen LogP contribution in [-0.2, 0) is 0 Å². The summed E-state index contributed by atoms with van der Waals surface area (Å²) in [6.07, 6.45) is 2.08. The molecule has 1 N–H and O–H groups in total. The molecule has 2 heterocycles. The van der Waals surface area contributed by atoms with Crippen molar-refractivity contribution in [3.05, 3.63) is 29.5 Å². The number of fused-ring (bicyclic) bond motifs is 1. The predicted molar refractivity (Wildman–Crippen MR) is 108 cm³/mol. The molecule has 0 spiro atoms. The van der Waals surface area contributed by atoms with Gasteiger partial charge in [0.1, 0.15) is 11.3 Å². The highest BCUT2D eigenvalue weighted by Gasteiger charge is 2.18. The number of rotatable bonds is 8. The first-order valence-corrected chi connectivity index (χ1v) is 9.92. The van der Waals surface area contributed by atoms with Crippen LogP contribution in [0.5, 0.6) is 5.75 Å². The smallest absolute Gasteiger partial charge is 0.287 e. The van der Waals surface area contributed by atoms with Crippen molar-refractivity contribution in [2.45, 2.75) is 26.7 Å². The summed E-state index contributed by atoms with van der Waals surface area (Å²) in [6, 6.07) is 5.59. The van der Waals surface area contributed by atoms with Gasteiger partial charge in [-0.05, 0) is 51.1 Å². The van der Waals surface area contributed by atoms with E-state index in [0.29, 0.717) is 17.9 Å². The van der Waals surface area contributed by atoms with Crippen molar-refractivity contribution < 1.29 is 13.9 Å². The van der Waals surface area contributed by atoms with E-state index in [1.165, 1.54) is 13.1 Å². The van der Waals surface area contributed by atoms with Crippen LogP contribution < -0.4 is 10.1 Å². The number of methoxy groups -OCH3 is 1.